The van der Waals surface area contributed by atoms with Gasteiger partial charge in [0.1, 0.15) is 11.6 Å². The Kier molecular flexibility index (Phi) is 2.41. The average Bonchev–Trinajstić information content (AvgIpc) is 3.14. The maximum absolute atomic E-state index is 6.25. The van der Waals surface area contributed by atoms with E-state index in [2.05, 4.69) is 11.5 Å². The first-order chi connectivity index (χ1) is 7.81. The minimum absolute atomic E-state index is 0.679. The Balaban J connectivity index is 1.90. The molecule has 0 aromatic carbocycles. The second kappa shape index (κ2) is 3.79. The van der Waals surface area contributed by atoms with E-state index in [1.807, 2.05) is 0 Å². The Hall–Kier alpha value is -0.990. The van der Waals surface area contributed by atoms with Crippen molar-refractivity contribution in [3.05, 3.63) is 11.5 Å². The van der Waals surface area contributed by atoms with E-state index in [0.717, 1.165) is 23.9 Å². The fourth-order valence-electron chi connectivity index (χ4n) is 2.39. The third-order valence-corrected chi connectivity index (χ3v) is 3.67. The summed E-state index contributed by atoms with van der Waals surface area (Å²) in [7, 11) is 0. The molecule has 88 valence electrons. The lowest BCUT2D eigenvalue weighted by atomic mass is 10.2. The molecule has 3 heteroatoms. The number of nitrogens with two attached hydrogens (primary N) is 1. The zero-order valence-electron chi connectivity index (χ0n) is 10.1. The van der Waals surface area contributed by atoms with E-state index in [1.165, 1.54) is 44.3 Å². The molecule has 0 aliphatic heterocycles. The highest BCUT2D eigenvalue weighted by molar-refractivity contribution is 5.41. The van der Waals surface area contributed by atoms with Crippen molar-refractivity contribution < 1.29 is 0 Å². The lowest BCUT2D eigenvalue weighted by Gasteiger charge is -2.06. The highest BCUT2D eigenvalue weighted by Gasteiger charge is 2.36. The van der Waals surface area contributed by atoms with Gasteiger partial charge in [0, 0.05) is 12.0 Å². The molecule has 0 bridgehead atoms. The Morgan fingerprint density at radius 2 is 2.06 bits per heavy atom. The lowest BCUT2D eigenvalue weighted by molar-refractivity contribution is 0.691. The molecule has 0 atom stereocenters. The van der Waals surface area contributed by atoms with Crippen LogP contribution in [0.2, 0.25) is 0 Å². The van der Waals surface area contributed by atoms with Gasteiger partial charge >= 0.3 is 0 Å². The summed E-state index contributed by atoms with van der Waals surface area (Å²) in [5.41, 5.74) is 7.41. The molecule has 2 saturated carbocycles. The van der Waals surface area contributed by atoms with Gasteiger partial charge in [-0.15, -0.1) is 0 Å². The van der Waals surface area contributed by atoms with Crippen molar-refractivity contribution in [1.29, 1.82) is 0 Å². The molecule has 2 N–H and O–H groups in total. The molecule has 0 unspecified atom stereocenters. The Labute approximate surface area is 97.0 Å². The summed E-state index contributed by atoms with van der Waals surface area (Å²) in [5.74, 6) is 2.99. The lowest BCUT2D eigenvalue weighted by Crippen LogP contribution is -2.04. The van der Waals surface area contributed by atoms with Gasteiger partial charge in [-0.1, -0.05) is 13.3 Å². The molecule has 0 saturated heterocycles. The zero-order chi connectivity index (χ0) is 11.1. The van der Waals surface area contributed by atoms with Crippen molar-refractivity contribution in [2.75, 3.05) is 5.73 Å². The zero-order valence-corrected chi connectivity index (χ0v) is 10.1. The molecule has 2 aliphatic carbocycles. The predicted octanol–water partition coefficient (Wildman–Crippen LogP) is 3.02. The molecule has 2 aliphatic rings. The van der Waals surface area contributed by atoms with Gasteiger partial charge in [-0.3, -0.25) is 0 Å². The van der Waals surface area contributed by atoms with Crippen LogP contribution in [0.1, 0.15) is 68.9 Å². The summed E-state index contributed by atoms with van der Waals surface area (Å²) in [5, 5.41) is 0. The fraction of sp³-hybridized carbons (Fsp3) is 0.769. The van der Waals surface area contributed by atoms with Gasteiger partial charge in [0.2, 0.25) is 0 Å². The molecule has 2 fully saturated rings. The minimum Gasteiger partial charge on any atom is -0.384 e. The van der Waals surface area contributed by atoms with Crippen LogP contribution < -0.4 is 5.73 Å². The largest absolute Gasteiger partial charge is 0.384 e. The molecule has 16 heavy (non-hydrogen) atoms. The molecule has 0 amide bonds. The molecule has 1 heterocycles. The number of hydrogen-bond donors (Lipinski definition) is 1. The molecule has 3 nitrogen and oxygen atoms in total. The van der Waals surface area contributed by atoms with Crippen LogP contribution in [0.4, 0.5) is 5.82 Å². The molecular formula is C13H21N3. The van der Waals surface area contributed by atoms with Crippen LogP contribution in [-0.2, 0) is 6.42 Å². The van der Waals surface area contributed by atoms with Gasteiger partial charge < -0.3 is 10.3 Å². The van der Waals surface area contributed by atoms with Crippen LogP contribution in [-0.4, -0.2) is 9.55 Å². The summed E-state index contributed by atoms with van der Waals surface area (Å²) < 4.78 is 2.35. The first-order valence-electron chi connectivity index (χ1n) is 6.67. The number of unbranched alkanes of at least 4 members (excludes halogenated alkanes) is 1. The number of nitrogens with zero attached hydrogens (tertiary/aromatic N) is 2. The van der Waals surface area contributed by atoms with Gasteiger partial charge in [-0.2, -0.15) is 0 Å². The van der Waals surface area contributed by atoms with E-state index in [4.69, 9.17) is 10.7 Å². The summed E-state index contributed by atoms with van der Waals surface area (Å²) >= 11 is 0. The first kappa shape index (κ1) is 10.2. The minimum atomic E-state index is 0.679. The highest BCUT2D eigenvalue weighted by Crippen LogP contribution is 2.46. The highest BCUT2D eigenvalue weighted by atomic mass is 15.2. The van der Waals surface area contributed by atoms with E-state index in [-0.39, 0.29) is 0 Å². The second-order valence-electron chi connectivity index (χ2n) is 5.28. The van der Waals surface area contributed by atoms with Crippen molar-refractivity contribution >= 4 is 5.82 Å². The van der Waals surface area contributed by atoms with E-state index >= 15 is 0 Å². The molecule has 1 aromatic heterocycles. The van der Waals surface area contributed by atoms with Crippen molar-refractivity contribution in [3.8, 4) is 0 Å². The van der Waals surface area contributed by atoms with Crippen molar-refractivity contribution in [2.45, 2.75) is 63.8 Å². The standard InChI is InChI=1S/C13H21N3/c1-2-3-4-11-12(14)16(10-7-8-10)13(15-11)9-5-6-9/h9-10H,2-8,14H2,1H3. The summed E-state index contributed by atoms with van der Waals surface area (Å²) in [4.78, 5) is 4.81. The molecular weight excluding hydrogens is 198 g/mol. The summed E-state index contributed by atoms with van der Waals surface area (Å²) in [6, 6.07) is 0.679. The van der Waals surface area contributed by atoms with E-state index in [0.29, 0.717) is 6.04 Å². The van der Waals surface area contributed by atoms with Gasteiger partial charge in [-0.05, 0) is 38.5 Å². The molecule has 1 aromatic rings. The molecule has 0 spiro atoms. The average molecular weight is 219 g/mol. The third kappa shape index (κ3) is 1.72. The van der Waals surface area contributed by atoms with Crippen molar-refractivity contribution in [2.24, 2.45) is 0 Å². The predicted molar refractivity (Wildman–Crippen MR) is 65.5 cm³/mol. The first-order valence-corrected chi connectivity index (χ1v) is 6.67. The second-order valence-corrected chi connectivity index (χ2v) is 5.28. The maximum atomic E-state index is 6.25. The number of aryl methyl sites for hydroxylation is 1. The normalized spacial score (nSPS) is 20.3. The number of nitrogen functional groups attached to an aromatic ring is 1. The topological polar surface area (TPSA) is 43.8 Å². The smallest absolute Gasteiger partial charge is 0.127 e. The summed E-state index contributed by atoms with van der Waals surface area (Å²) in [6.07, 6.45) is 8.71. The van der Waals surface area contributed by atoms with Gasteiger partial charge in [0.05, 0.1) is 5.69 Å². The van der Waals surface area contributed by atoms with Crippen LogP contribution in [0.5, 0.6) is 0 Å². The SMILES string of the molecule is CCCCc1nc(C2CC2)n(C2CC2)c1N. The Morgan fingerprint density at radius 1 is 1.31 bits per heavy atom. The van der Waals surface area contributed by atoms with Gasteiger partial charge in [-0.25, -0.2) is 4.98 Å². The van der Waals surface area contributed by atoms with Crippen LogP contribution >= 0.6 is 0 Å². The molecule has 3 rings (SSSR count). The van der Waals surface area contributed by atoms with Crippen LogP contribution in [0.25, 0.3) is 0 Å². The van der Waals surface area contributed by atoms with E-state index in [1.54, 1.807) is 0 Å². The van der Waals surface area contributed by atoms with Crippen molar-refractivity contribution in [3.63, 3.8) is 0 Å². The molecule has 0 radical (unpaired) electrons. The van der Waals surface area contributed by atoms with Crippen molar-refractivity contribution in [1.82, 2.24) is 9.55 Å². The number of rotatable bonds is 5. The van der Waals surface area contributed by atoms with Crippen LogP contribution in [0, 0.1) is 0 Å². The number of aromatic nitrogens is 2. The van der Waals surface area contributed by atoms with E-state index in [9.17, 15) is 0 Å². The number of anilines is 1. The number of hydrogen-bond acceptors (Lipinski definition) is 2. The van der Waals surface area contributed by atoms with E-state index < -0.39 is 0 Å². The Bertz CT molecular complexity index is 386. The van der Waals surface area contributed by atoms with Gasteiger partial charge in [0.15, 0.2) is 0 Å². The van der Waals surface area contributed by atoms with Gasteiger partial charge in [0.25, 0.3) is 0 Å². The third-order valence-electron chi connectivity index (χ3n) is 3.67. The summed E-state index contributed by atoms with van der Waals surface area (Å²) in [6.45, 7) is 2.22. The number of imidazole rings is 1. The maximum Gasteiger partial charge on any atom is 0.127 e. The fourth-order valence-corrected chi connectivity index (χ4v) is 2.39. The Morgan fingerprint density at radius 3 is 2.62 bits per heavy atom. The van der Waals surface area contributed by atoms with Crippen LogP contribution in [0.3, 0.4) is 0 Å². The van der Waals surface area contributed by atoms with Crippen LogP contribution in [0.15, 0.2) is 0 Å². The quantitative estimate of drug-likeness (QED) is 0.827. The monoisotopic (exact) mass is 219 g/mol.